The van der Waals surface area contributed by atoms with Gasteiger partial charge in [-0.05, 0) is 59.3 Å². The minimum atomic E-state index is -0.979. The van der Waals surface area contributed by atoms with Crippen molar-refractivity contribution in [2.24, 2.45) is 17.8 Å². The topological polar surface area (TPSA) is 44.8 Å². The van der Waals surface area contributed by atoms with Crippen LogP contribution >= 0.6 is 0 Å². The summed E-state index contributed by atoms with van der Waals surface area (Å²) in [5.74, 6) is 1.47. The lowest BCUT2D eigenvalue weighted by atomic mass is 9.80. The first-order chi connectivity index (χ1) is 22.8. The van der Waals surface area contributed by atoms with Gasteiger partial charge in [-0.1, -0.05) is 155 Å². The van der Waals surface area contributed by atoms with E-state index in [1.165, 1.54) is 0 Å². The van der Waals surface area contributed by atoms with E-state index in [2.05, 4.69) is 70.2 Å². The Hall–Kier alpha value is -3.99. The molecule has 0 amide bonds. The fourth-order valence-electron chi connectivity index (χ4n) is 6.94. The van der Waals surface area contributed by atoms with Gasteiger partial charge in [0.25, 0.3) is 0 Å². The molecular formula is C43H50O4. The Labute approximate surface area is 281 Å². The van der Waals surface area contributed by atoms with E-state index in [0.29, 0.717) is 30.8 Å². The molecule has 1 fully saturated rings. The Kier molecular flexibility index (Phi) is 11.8. The molecule has 4 heteroatoms. The van der Waals surface area contributed by atoms with Crippen molar-refractivity contribution in [2.45, 2.75) is 71.2 Å². The number of hydrogen-bond acceptors (Lipinski definition) is 4. The van der Waals surface area contributed by atoms with E-state index < -0.39 is 11.2 Å². The van der Waals surface area contributed by atoms with Crippen LogP contribution in [0, 0.1) is 17.8 Å². The lowest BCUT2D eigenvalue weighted by Gasteiger charge is -2.39. The van der Waals surface area contributed by atoms with Gasteiger partial charge in [-0.25, -0.2) is 4.79 Å². The van der Waals surface area contributed by atoms with Crippen molar-refractivity contribution in [1.29, 1.82) is 0 Å². The molecule has 0 radical (unpaired) electrons. The fraction of sp³-hybridized carbons (Fsp3) is 0.372. The summed E-state index contributed by atoms with van der Waals surface area (Å²) in [6, 6.07) is 41.0. The van der Waals surface area contributed by atoms with Crippen LogP contribution in [0.3, 0.4) is 0 Å². The van der Waals surface area contributed by atoms with E-state index >= 15 is 0 Å². The third-order valence-electron chi connectivity index (χ3n) is 8.96. The van der Waals surface area contributed by atoms with Gasteiger partial charge in [-0.2, -0.15) is 0 Å². The average Bonchev–Trinajstić information content (AvgIpc) is 3.40. The Morgan fingerprint density at radius 3 is 1.64 bits per heavy atom. The Morgan fingerprint density at radius 1 is 0.702 bits per heavy atom. The van der Waals surface area contributed by atoms with Gasteiger partial charge in [0.2, 0.25) is 0 Å². The van der Waals surface area contributed by atoms with Crippen LogP contribution in [-0.2, 0) is 31.2 Å². The molecule has 4 nitrogen and oxygen atoms in total. The first-order valence-electron chi connectivity index (χ1n) is 17.1. The number of carbonyl (C=O) groups excluding carboxylic acids is 1. The first-order valence-corrected chi connectivity index (χ1v) is 17.1. The zero-order valence-electron chi connectivity index (χ0n) is 28.4. The molecule has 1 aliphatic heterocycles. The number of allylic oxidation sites excluding steroid dienone is 1. The lowest BCUT2D eigenvalue weighted by molar-refractivity contribution is -0.167. The summed E-state index contributed by atoms with van der Waals surface area (Å²) < 4.78 is 19.9. The van der Waals surface area contributed by atoms with Crippen LogP contribution < -0.4 is 0 Å². The highest BCUT2D eigenvalue weighted by Crippen LogP contribution is 2.43. The standard InChI is InChI=1S/C43H50O4/c1-33(2)27-36(28-34(3)4)25-26-37-29-42(47-41(37)44,31-45-30-35-17-9-5-10-18-35)32-46-43(38-19-11-6-12-20-38,39-21-13-7-14-22-39)40-23-15-8-16-24-40/h5-24,26,33-34,36H,25,27-32H2,1-4H3/b37-26+/t42-/m1/s1. The fourth-order valence-corrected chi connectivity index (χ4v) is 6.94. The van der Waals surface area contributed by atoms with Crippen molar-refractivity contribution < 1.29 is 19.0 Å². The van der Waals surface area contributed by atoms with Gasteiger partial charge in [0.05, 0.1) is 19.8 Å². The number of carbonyl (C=O) groups is 1. The monoisotopic (exact) mass is 630 g/mol. The number of esters is 1. The molecule has 1 heterocycles. The molecule has 1 saturated heterocycles. The van der Waals surface area contributed by atoms with E-state index in [-0.39, 0.29) is 19.2 Å². The number of rotatable bonds is 16. The van der Waals surface area contributed by atoms with Crippen molar-refractivity contribution in [3.8, 4) is 0 Å². The summed E-state index contributed by atoms with van der Waals surface area (Å²) in [6.45, 7) is 9.89. The molecular weight excluding hydrogens is 580 g/mol. The van der Waals surface area contributed by atoms with Crippen LogP contribution in [0.15, 0.2) is 133 Å². The summed E-state index contributed by atoms with van der Waals surface area (Å²) in [6.07, 6.45) is 5.71. The van der Waals surface area contributed by atoms with Crippen molar-refractivity contribution >= 4 is 5.97 Å². The van der Waals surface area contributed by atoms with E-state index in [1.54, 1.807) is 0 Å². The van der Waals surface area contributed by atoms with E-state index in [9.17, 15) is 4.79 Å². The van der Waals surface area contributed by atoms with Crippen LogP contribution in [0.25, 0.3) is 0 Å². The van der Waals surface area contributed by atoms with Crippen LogP contribution in [-0.4, -0.2) is 24.8 Å². The molecule has 4 aromatic carbocycles. The first kappa shape index (κ1) is 34.3. The second-order valence-electron chi connectivity index (χ2n) is 13.9. The maximum atomic E-state index is 13.6. The maximum absolute atomic E-state index is 13.6. The van der Waals surface area contributed by atoms with E-state index in [4.69, 9.17) is 14.2 Å². The Balaban J connectivity index is 1.49. The number of benzene rings is 4. The van der Waals surface area contributed by atoms with Crippen LogP contribution in [0.4, 0.5) is 0 Å². The molecule has 0 spiro atoms. The number of cyclic esters (lactones) is 1. The lowest BCUT2D eigenvalue weighted by Crippen LogP contribution is -2.44. The molecule has 5 rings (SSSR count). The summed E-state index contributed by atoms with van der Waals surface area (Å²) in [4.78, 5) is 13.6. The van der Waals surface area contributed by atoms with Gasteiger partial charge in [-0.15, -0.1) is 0 Å². The molecule has 246 valence electrons. The third kappa shape index (κ3) is 8.88. The van der Waals surface area contributed by atoms with Crippen LogP contribution in [0.2, 0.25) is 0 Å². The minimum absolute atomic E-state index is 0.158. The van der Waals surface area contributed by atoms with E-state index in [1.807, 2.05) is 84.9 Å². The summed E-state index contributed by atoms with van der Waals surface area (Å²) in [7, 11) is 0. The largest absolute Gasteiger partial charge is 0.450 e. The molecule has 0 N–H and O–H groups in total. The molecule has 0 aromatic heterocycles. The van der Waals surface area contributed by atoms with Gasteiger partial charge < -0.3 is 14.2 Å². The van der Waals surface area contributed by atoms with Gasteiger partial charge in [-0.3, -0.25) is 0 Å². The number of hydrogen-bond donors (Lipinski definition) is 0. The predicted octanol–water partition coefficient (Wildman–Crippen LogP) is 9.92. The highest BCUT2D eigenvalue weighted by Gasteiger charge is 2.48. The van der Waals surface area contributed by atoms with Crippen molar-refractivity contribution in [3.63, 3.8) is 0 Å². The normalized spacial score (nSPS) is 17.6. The Morgan fingerprint density at radius 2 is 1.17 bits per heavy atom. The van der Waals surface area contributed by atoms with Crippen molar-refractivity contribution in [2.75, 3.05) is 13.2 Å². The highest BCUT2D eigenvalue weighted by atomic mass is 16.6. The van der Waals surface area contributed by atoms with Crippen LogP contribution in [0.1, 0.15) is 75.6 Å². The quantitative estimate of drug-likeness (QED) is 0.0702. The molecule has 0 unspecified atom stereocenters. The Bertz CT molecular complexity index is 1440. The second-order valence-corrected chi connectivity index (χ2v) is 13.9. The van der Waals surface area contributed by atoms with Crippen LogP contribution in [0.5, 0.6) is 0 Å². The summed E-state index contributed by atoms with van der Waals surface area (Å²) in [5, 5.41) is 0. The smallest absolute Gasteiger partial charge is 0.334 e. The average molecular weight is 631 g/mol. The molecule has 1 aliphatic rings. The zero-order chi connectivity index (χ0) is 33.1. The second kappa shape index (κ2) is 16.2. The van der Waals surface area contributed by atoms with Gasteiger partial charge in [0.1, 0.15) is 5.60 Å². The SMILES string of the molecule is CC(C)CC(C/C=C1\C[C@@](COCc2ccccc2)(COC(c2ccccc2)(c2ccccc2)c2ccccc2)OC1=O)CC(C)C. The van der Waals surface area contributed by atoms with Crippen molar-refractivity contribution in [1.82, 2.24) is 0 Å². The summed E-state index contributed by atoms with van der Waals surface area (Å²) in [5.41, 5.74) is 2.89. The molecule has 47 heavy (non-hydrogen) atoms. The molecule has 1 atom stereocenters. The van der Waals surface area contributed by atoms with Gasteiger partial charge >= 0.3 is 5.97 Å². The molecule has 0 bridgehead atoms. The highest BCUT2D eigenvalue weighted by molar-refractivity contribution is 5.91. The number of ether oxygens (including phenoxy) is 3. The predicted molar refractivity (Wildman–Crippen MR) is 190 cm³/mol. The molecule has 4 aromatic rings. The third-order valence-corrected chi connectivity index (χ3v) is 8.96. The zero-order valence-corrected chi connectivity index (χ0v) is 28.4. The molecule has 0 saturated carbocycles. The minimum Gasteiger partial charge on any atom is -0.450 e. The van der Waals surface area contributed by atoms with Gasteiger partial charge in [0, 0.05) is 12.0 Å². The van der Waals surface area contributed by atoms with Crippen molar-refractivity contribution in [3.05, 3.63) is 155 Å². The van der Waals surface area contributed by atoms with Gasteiger partial charge in [0.15, 0.2) is 5.60 Å². The maximum Gasteiger partial charge on any atom is 0.334 e. The molecule has 0 aliphatic carbocycles. The summed E-state index contributed by atoms with van der Waals surface area (Å²) >= 11 is 0. The van der Waals surface area contributed by atoms with E-state index in [0.717, 1.165) is 47.1 Å².